The van der Waals surface area contributed by atoms with Crippen molar-refractivity contribution in [1.82, 2.24) is 9.62 Å². The Balaban J connectivity index is 1.69. The summed E-state index contributed by atoms with van der Waals surface area (Å²) in [6, 6.07) is 11.5. The molecule has 0 atom stereocenters. The number of anilines is 1. The number of rotatable bonds is 9. The first-order valence-electron chi connectivity index (χ1n) is 10.8. The van der Waals surface area contributed by atoms with Crippen LogP contribution in [0.1, 0.15) is 35.7 Å². The Bertz CT molecular complexity index is 1080. The van der Waals surface area contributed by atoms with Gasteiger partial charge in [0.2, 0.25) is 15.9 Å². The molecule has 2 amide bonds. The molecule has 1 heterocycles. The van der Waals surface area contributed by atoms with E-state index in [1.54, 1.807) is 12.1 Å². The lowest BCUT2D eigenvalue weighted by molar-refractivity contribution is -0.116. The lowest BCUT2D eigenvalue weighted by Crippen LogP contribution is -2.40. The number of nitrogens with zero attached hydrogens (tertiary/aromatic N) is 1. The van der Waals surface area contributed by atoms with Crippen LogP contribution in [-0.2, 0) is 26.1 Å². The third-order valence-electron chi connectivity index (χ3n) is 5.18. The molecule has 0 aromatic heterocycles. The Hall–Kier alpha value is -2.95. The second-order valence-electron chi connectivity index (χ2n) is 7.56. The summed E-state index contributed by atoms with van der Waals surface area (Å²) >= 11 is 0. The molecule has 1 fully saturated rings. The topological polar surface area (TPSA) is 114 Å². The molecule has 9 nitrogen and oxygen atoms in total. The zero-order valence-corrected chi connectivity index (χ0v) is 19.6. The quantitative estimate of drug-likeness (QED) is 0.576. The highest BCUT2D eigenvalue weighted by Gasteiger charge is 2.30. The molecule has 1 aliphatic rings. The van der Waals surface area contributed by atoms with Crippen molar-refractivity contribution in [1.29, 1.82) is 0 Å². The molecule has 10 heteroatoms. The van der Waals surface area contributed by atoms with Gasteiger partial charge >= 0.3 is 0 Å². The van der Waals surface area contributed by atoms with Crippen molar-refractivity contribution in [2.24, 2.45) is 0 Å². The van der Waals surface area contributed by atoms with E-state index in [2.05, 4.69) is 10.6 Å². The van der Waals surface area contributed by atoms with Gasteiger partial charge in [-0.15, -0.1) is 0 Å². The average Bonchev–Trinajstić information content (AvgIpc) is 2.83. The minimum absolute atomic E-state index is 0.0408. The van der Waals surface area contributed by atoms with E-state index in [1.807, 2.05) is 19.1 Å². The zero-order valence-electron chi connectivity index (χ0n) is 18.8. The highest BCUT2D eigenvalue weighted by Crippen LogP contribution is 2.28. The molecule has 178 valence electrons. The Morgan fingerprint density at radius 2 is 1.79 bits per heavy atom. The predicted octanol–water partition coefficient (Wildman–Crippen LogP) is 2.38. The number of carbonyl (C=O) groups is 2. The molecule has 1 aliphatic heterocycles. The fraction of sp³-hybridized carbons (Fsp3) is 0.391. The van der Waals surface area contributed by atoms with Crippen molar-refractivity contribution < 1.29 is 27.5 Å². The first kappa shape index (κ1) is 24.7. The van der Waals surface area contributed by atoms with Crippen LogP contribution >= 0.6 is 0 Å². The molecule has 0 bridgehead atoms. The van der Waals surface area contributed by atoms with Crippen molar-refractivity contribution in [3.05, 3.63) is 53.6 Å². The Labute approximate surface area is 194 Å². The zero-order chi connectivity index (χ0) is 23.8. The molecular weight excluding hydrogens is 446 g/mol. The number of morpholine rings is 1. The summed E-state index contributed by atoms with van der Waals surface area (Å²) in [5, 5.41) is 5.61. The van der Waals surface area contributed by atoms with Crippen LogP contribution in [0.15, 0.2) is 47.4 Å². The van der Waals surface area contributed by atoms with Crippen LogP contribution in [0.5, 0.6) is 5.75 Å². The molecule has 0 aliphatic carbocycles. The van der Waals surface area contributed by atoms with Crippen molar-refractivity contribution in [3.8, 4) is 5.75 Å². The molecular formula is C23H29N3O6S. The molecule has 2 aromatic rings. The van der Waals surface area contributed by atoms with Gasteiger partial charge in [-0.2, -0.15) is 4.31 Å². The molecule has 0 unspecified atom stereocenters. The molecule has 0 saturated carbocycles. The van der Waals surface area contributed by atoms with Crippen molar-refractivity contribution in [3.63, 3.8) is 0 Å². The van der Waals surface area contributed by atoms with Crippen LogP contribution in [0.25, 0.3) is 0 Å². The van der Waals surface area contributed by atoms with Gasteiger partial charge < -0.3 is 20.1 Å². The maximum absolute atomic E-state index is 13.1. The molecule has 0 spiro atoms. The maximum Gasteiger partial charge on any atom is 0.251 e. The Morgan fingerprint density at radius 1 is 1.09 bits per heavy atom. The SMILES string of the molecule is CCCC(=O)Nc1ccc(CNC(=O)c2ccc(OC)c(S(=O)(=O)N3CCOCC3)c2)cc1. The number of carbonyl (C=O) groups excluding carboxylic acids is 2. The van der Waals surface area contributed by atoms with Crippen LogP contribution in [0, 0.1) is 0 Å². The number of ether oxygens (including phenoxy) is 2. The fourth-order valence-corrected chi connectivity index (χ4v) is 4.98. The number of amides is 2. The Kier molecular flexibility index (Phi) is 8.43. The highest BCUT2D eigenvalue weighted by molar-refractivity contribution is 7.89. The number of methoxy groups -OCH3 is 1. The van der Waals surface area contributed by atoms with E-state index in [4.69, 9.17) is 9.47 Å². The lowest BCUT2D eigenvalue weighted by Gasteiger charge is -2.26. The first-order valence-corrected chi connectivity index (χ1v) is 12.2. The minimum Gasteiger partial charge on any atom is -0.495 e. The fourth-order valence-electron chi connectivity index (χ4n) is 3.39. The van der Waals surface area contributed by atoms with Crippen LogP contribution in [0.3, 0.4) is 0 Å². The molecule has 3 rings (SSSR count). The molecule has 1 saturated heterocycles. The average molecular weight is 476 g/mol. The van der Waals surface area contributed by atoms with Crippen LogP contribution in [-0.4, -0.2) is 58.0 Å². The van der Waals surface area contributed by atoms with E-state index in [9.17, 15) is 18.0 Å². The van der Waals surface area contributed by atoms with E-state index >= 15 is 0 Å². The summed E-state index contributed by atoms with van der Waals surface area (Å²) in [6.45, 7) is 3.33. The third-order valence-corrected chi connectivity index (χ3v) is 7.10. The van der Waals surface area contributed by atoms with E-state index in [-0.39, 0.29) is 41.7 Å². The number of sulfonamides is 1. The van der Waals surface area contributed by atoms with Gasteiger partial charge in [0, 0.05) is 37.3 Å². The summed E-state index contributed by atoms with van der Waals surface area (Å²) < 4.78 is 38.0. The molecule has 33 heavy (non-hydrogen) atoms. The molecule has 0 radical (unpaired) electrons. The third kappa shape index (κ3) is 6.31. The Morgan fingerprint density at radius 3 is 2.42 bits per heavy atom. The number of hydrogen-bond donors (Lipinski definition) is 2. The van der Waals surface area contributed by atoms with Gasteiger partial charge in [-0.25, -0.2) is 8.42 Å². The summed E-state index contributed by atoms with van der Waals surface area (Å²) in [4.78, 5) is 24.4. The summed E-state index contributed by atoms with van der Waals surface area (Å²) in [5.41, 5.74) is 1.74. The summed E-state index contributed by atoms with van der Waals surface area (Å²) in [5.74, 6) is -0.268. The standard InChI is InChI=1S/C23H29N3O6S/c1-3-4-22(27)25-19-8-5-17(6-9-19)16-24-23(28)18-7-10-20(31-2)21(15-18)33(29,30)26-11-13-32-14-12-26/h5-10,15H,3-4,11-14,16H2,1-2H3,(H,24,28)(H,25,27). The minimum atomic E-state index is -3.83. The highest BCUT2D eigenvalue weighted by atomic mass is 32.2. The van der Waals surface area contributed by atoms with Gasteiger partial charge in [0.25, 0.3) is 5.91 Å². The van der Waals surface area contributed by atoms with Gasteiger partial charge in [0.15, 0.2) is 0 Å². The summed E-state index contributed by atoms with van der Waals surface area (Å²) in [6.07, 6.45) is 1.24. The van der Waals surface area contributed by atoms with Gasteiger partial charge in [-0.3, -0.25) is 9.59 Å². The van der Waals surface area contributed by atoms with E-state index in [0.29, 0.717) is 25.3 Å². The van der Waals surface area contributed by atoms with Crippen molar-refractivity contribution in [2.75, 3.05) is 38.7 Å². The maximum atomic E-state index is 13.1. The second-order valence-corrected chi connectivity index (χ2v) is 9.47. The molecule has 2 N–H and O–H groups in total. The van der Waals surface area contributed by atoms with Crippen LogP contribution < -0.4 is 15.4 Å². The smallest absolute Gasteiger partial charge is 0.251 e. The first-order chi connectivity index (χ1) is 15.8. The lowest BCUT2D eigenvalue weighted by atomic mass is 10.1. The number of benzene rings is 2. The van der Waals surface area contributed by atoms with Crippen LogP contribution in [0.2, 0.25) is 0 Å². The van der Waals surface area contributed by atoms with E-state index < -0.39 is 15.9 Å². The normalized spacial score (nSPS) is 14.5. The molecule has 2 aromatic carbocycles. The predicted molar refractivity (Wildman–Crippen MR) is 124 cm³/mol. The summed E-state index contributed by atoms with van der Waals surface area (Å²) in [7, 11) is -2.44. The van der Waals surface area contributed by atoms with Crippen LogP contribution in [0.4, 0.5) is 5.69 Å². The van der Waals surface area contributed by atoms with Gasteiger partial charge in [-0.1, -0.05) is 19.1 Å². The van der Waals surface area contributed by atoms with E-state index in [1.165, 1.54) is 29.6 Å². The number of hydrogen-bond acceptors (Lipinski definition) is 6. The number of nitrogens with one attached hydrogen (secondary N) is 2. The van der Waals surface area contributed by atoms with Gasteiger partial charge in [0.1, 0.15) is 10.6 Å². The van der Waals surface area contributed by atoms with Gasteiger partial charge in [-0.05, 0) is 42.3 Å². The van der Waals surface area contributed by atoms with Crippen molar-refractivity contribution in [2.45, 2.75) is 31.2 Å². The van der Waals surface area contributed by atoms with Gasteiger partial charge in [0.05, 0.1) is 20.3 Å². The second kappa shape index (κ2) is 11.3. The monoisotopic (exact) mass is 475 g/mol. The van der Waals surface area contributed by atoms with E-state index in [0.717, 1.165) is 12.0 Å². The van der Waals surface area contributed by atoms with Crippen molar-refractivity contribution >= 4 is 27.5 Å². The largest absolute Gasteiger partial charge is 0.495 e.